The van der Waals surface area contributed by atoms with Crippen molar-refractivity contribution in [2.75, 3.05) is 18.2 Å². The third kappa shape index (κ3) is 2.85. The van der Waals surface area contributed by atoms with Crippen LogP contribution < -0.4 is 10.1 Å². The molecule has 1 aliphatic heterocycles. The Balaban J connectivity index is 2.01. The highest BCUT2D eigenvalue weighted by molar-refractivity contribution is 8.00. The summed E-state index contributed by atoms with van der Waals surface area (Å²) < 4.78 is 5.23. The highest BCUT2D eigenvalue weighted by Gasteiger charge is 2.21. The minimum Gasteiger partial charge on any atom is -0.497 e. The molecule has 3 heteroatoms. The van der Waals surface area contributed by atoms with E-state index < -0.39 is 0 Å². The van der Waals surface area contributed by atoms with E-state index in [0.29, 0.717) is 11.3 Å². The molecule has 2 rings (SSSR count). The van der Waals surface area contributed by atoms with Crippen LogP contribution in [0.1, 0.15) is 19.8 Å². The predicted octanol–water partition coefficient (Wildman–Crippen LogP) is 3.39. The van der Waals surface area contributed by atoms with Gasteiger partial charge < -0.3 is 10.1 Å². The van der Waals surface area contributed by atoms with Gasteiger partial charge in [0.2, 0.25) is 0 Å². The van der Waals surface area contributed by atoms with Crippen molar-refractivity contribution in [1.82, 2.24) is 0 Å². The smallest absolute Gasteiger partial charge is 0.120 e. The fourth-order valence-corrected chi connectivity index (χ4v) is 3.18. The lowest BCUT2D eigenvalue weighted by Gasteiger charge is -2.30. The van der Waals surface area contributed by atoms with E-state index in [9.17, 15) is 0 Å². The van der Waals surface area contributed by atoms with Gasteiger partial charge in [0.15, 0.2) is 0 Å². The predicted molar refractivity (Wildman–Crippen MR) is 71.6 cm³/mol. The van der Waals surface area contributed by atoms with Crippen LogP contribution in [-0.4, -0.2) is 24.2 Å². The van der Waals surface area contributed by atoms with Gasteiger partial charge in [0, 0.05) is 23.0 Å². The van der Waals surface area contributed by atoms with Crippen LogP contribution in [0.4, 0.5) is 5.69 Å². The molecule has 1 aliphatic rings. The molecule has 1 fully saturated rings. The third-order valence-corrected chi connectivity index (χ3v) is 4.41. The number of methoxy groups -OCH3 is 1. The summed E-state index contributed by atoms with van der Waals surface area (Å²) in [5.41, 5.74) is 1.17. The first-order valence-corrected chi connectivity index (χ1v) is 6.86. The van der Waals surface area contributed by atoms with Gasteiger partial charge in [-0.1, -0.05) is 13.0 Å². The fraction of sp³-hybridized carbons (Fsp3) is 0.538. The molecule has 0 bridgehead atoms. The minimum absolute atomic E-state index is 0.589. The fourth-order valence-electron chi connectivity index (χ4n) is 2.04. The summed E-state index contributed by atoms with van der Waals surface area (Å²) in [6, 6.07) is 8.76. The molecule has 1 N–H and O–H groups in total. The number of anilines is 1. The second kappa shape index (κ2) is 5.48. The number of hydrogen-bond donors (Lipinski definition) is 1. The van der Waals surface area contributed by atoms with Crippen molar-refractivity contribution in [3.05, 3.63) is 24.3 Å². The molecule has 0 aromatic heterocycles. The molecule has 1 heterocycles. The third-order valence-electron chi connectivity index (χ3n) is 3.03. The average Bonchev–Trinajstić information content (AvgIpc) is 2.32. The molecular formula is C13H19NOS. The Morgan fingerprint density at radius 1 is 1.44 bits per heavy atom. The van der Waals surface area contributed by atoms with Gasteiger partial charge in [-0.25, -0.2) is 0 Å². The minimum atomic E-state index is 0.589. The molecule has 2 unspecified atom stereocenters. The number of rotatable bonds is 3. The summed E-state index contributed by atoms with van der Waals surface area (Å²) in [6.07, 6.45) is 2.59. The summed E-state index contributed by atoms with van der Waals surface area (Å²) in [7, 11) is 1.71. The van der Waals surface area contributed by atoms with Gasteiger partial charge in [0.05, 0.1) is 7.11 Å². The molecule has 1 aromatic rings. The Morgan fingerprint density at radius 3 is 3.06 bits per heavy atom. The highest BCUT2D eigenvalue weighted by atomic mass is 32.2. The summed E-state index contributed by atoms with van der Waals surface area (Å²) >= 11 is 2.06. The van der Waals surface area contributed by atoms with Crippen LogP contribution in [0, 0.1) is 0 Å². The van der Waals surface area contributed by atoms with Gasteiger partial charge in [-0.3, -0.25) is 0 Å². The van der Waals surface area contributed by atoms with Crippen molar-refractivity contribution < 1.29 is 4.74 Å². The maximum absolute atomic E-state index is 5.23. The van der Waals surface area contributed by atoms with Crippen molar-refractivity contribution in [3.8, 4) is 5.75 Å². The van der Waals surface area contributed by atoms with Crippen LogP contribution in [0.25, 0.3) is 0 Å². The molecule has 0 saturated carbocycles. The van der Waals surface area contributed by atoms with Gasteiger partial charge in [0.1, 0.15) is 5.75 Å². The first-order valence-electron chi connectivity index (χ1n) is 5.82. The van der Waals surface area contributed by atoms with Crippen molar-refractivity contribution in [1.29, 1.82) is 0 Å². The summed E-state index contributed by atoms with van der Waals surface area (Å²) in [4.78, 5) is 0. The van der Waals surface area contributed by atoms with E-state index in [-0.39, 0.29) is 0 Å². The number of nitrogens with one attached hydrogen (secondary N) is 1. The maximum Gasteiger partial charge on any atom is 0.120 e. The van der Waals surface area contributed by atoms with Crippen LogP contribution in [0.2, 0.25) is 0 Å². The number of ether oxygens (including phenoxy) is 1. The Kier molecular flexibility index (Phi) is 3.99. The van der Waals surface area contributed by atoms with Gasteiger partial charge in [-0.15, -0.1) is 0 Å². The van der Waals surface area contributed by atoms with Crippen LogP contribution in [0.15, 0.2) is 24.3 Å². The Labute approximate surface area is 102 Å². The Hall–Kier alpha value is -0.830. The highest BCUT2D eigenvalue weighted by Crippen LogP contribution is 2.28. The van der Waals surface area contributed by atoms with E-state index >= 15 is 0 Å². The van der Waals surface area contributed by atoms with Crippen molar-refractivity contribution in [3.63, 3.8) is 0 Å². The zero-order valence-electron chi connectivity index (χ0n) is 9.90. The van der Waals surface area contributed by atoms with E-state index in [2.05, 4.69) is 36.1 Å². The van der Waals surface area contributed by atoms with Gasteiger partial charge >= 0.3 is 0 Å². The van der Waals surface area contributed by atoms with E-state index in [0.717, 1.165) is 5.75 Å². The maximum atomic E-state index is 5.23. The first-order chi connectivity index (χ1) is 7.79. The van der Waals surface area contributed by atoms with Crippen molar-refractivity contribution >= 4 is 17.4 Å². The zero-order chi connectivity index (χ0) is 11.4. The SMILES string of the molecule is COc1cccc(NC2CCCSC2C)c1. The van der Waals surface area contributed by atoms with Gasteiger partial charge in [-0.2, -0.15) is 11.8 Å². The van der Waals surface area contributed by atoms with Crippen LogP contribution in [0.5, 0.6) is 5.75 Å². The topological polar surface area (TPSA) is 21.3 Å². The van der Waals surface area contributed by atoms with Crippen LogP contribution in [0.3, 0.4) is 0 Å². The number of hydrogen-bond acceptors (Lipinski definition) is 3. The first kappa shape index (κ1) is 11.6. The summed E-state index contributed by atoms with van der Waals surface area (Å²) in [5.74, 6) is 2.22. The Bertz CT molecular complexity index is 342. The standard InChI is InChI=1S/C13H19NOS/c1-10-13(7-4-8-16-10)14-11-5-3-6-12(9-11)15-2/h3,5-6,9-10,13-14H,4,7-8H2,1-2H3. The largest absolute Gasteiger partial charge is 0.497 e. The Morgan fingerprint density at radius 2 is 2.31 bits per heavy atom. The summed E-state index contributed by atoms with van der Waals surface area (Å²) in [6.45, 7) is 2.31. The average molecular weight is 237 g/mol. The van der Waals surface area contributed by atoms with Gasteiger partial charge in [0.25, 0.3) is 0 Å². The monoisotopic (exact) mass is 237 g/mol. The molecule has 0 radical (unpaired) electrons. The second-order valence-corrected chi connectivity index (χ2v) is 5.69. The lowest BCUT2D eigenvalue weighted by atomic mass is 10.1. The summed E-state index contributed by atoms with van der Waals surface area (Å²) in [5, 5.41) is 4.30. The van der Waals surface area contributed by atoms with E-state index in [4.69, 9.17) is 4.74 Å². The molecule has 16 heavy (non-hydrogen) atoms. The van der Waals surface area contributed by atoms with Crippen LogP contribution >= 0.6 is 11.8 Å². The zero-order valence-corrected chi connectivity index (χ0v) is 10.7. The normalized spacial score (nSPS) is 25.1. The molecule has 2 nitrogen and oxygen atoms in total. The number of benzene rings is 1. The van der Waals surface area contributed by atoms with Crippen molar-refractivity contribution in [2.45, 2.75) is 31.1 Å². The molecule has 1 aromatic carbocycles. The van der Waals surface area contributed by atoms with Crippen LogP contribution in [-0.2, 0) is 0 Å². The molecule has 0 aliphatic carbocycles. The molecular weight excluding hydrogens is 218 g/mol. The lowest BCUT2D eigenvalue weighted by Crippen LogP contribution is -2.32. The van der Waals surface area contributed by atoms with Gasteiger partial charge in [-0.05, 0) is 30.7 Å². The second-order valence-electron chi connectivity index (χ2n) is 4.20. The van der Waals surface area contributed by atoms with Crippen molar-refractivity contribution in [2.24, 2.45) is 0 Å². The molecule has 88 valence electrons. The van der Waals surface area contributed by atoms with E-state index in [1.165, 1.54) is 24.3 Å². The van der Waals surface area contributed by atoms with E-state index in [1.54, 1.807) is 7.11 Å². The quantitative estimate of drug-likeness (QED) is 0.870. The molecule has 0 amide bonds. The number of thioether (sulfide) groups is 1. The molecule has 2 atom stereocenters. The molecule has 0 spiro atoms. The molecule has 1 saturated heterocycles. The van der Waals surface area contributed by atoms with E-state index in [1.807, 2.05) is 12.1 Å². The lowest BCUT2D eigenvalue weighted by molar-refractivity contribution is 0.415.